The molecule has 0 aliphatic carbocycles. The summed E-state index contributed by atoms with van der Waals surface area (Å²) in [6.07, 6.45) is 0. The van der Waals surface area contributed by atoms with Crippen molar-refractivity contribution in [3.8, 4) is 22.3 Å². The maximum atomic E-state index is 2.50. The van der Waals surface area contributed by atoms with Crippen molar-refractivity contribution >= 4 is 68.7 Å². The lowest BCUT2D eigenvalue weighted by Gasteiger charge is -2.27. The number of hydrogen-bond acceptors (Lipinski definition) is 1. The fourth-order valence-electron chi connectivity index (χ4n) is 11.5. The van der Waals surface area contributed by atoms with Crippen LogP contribution in [0, 0.1) is 83.1 Å². The lowest BCUT2D eigenvalue weighted by atomic mass is 9.34. The molecule has 0 saturated heterocycles. The molecule has 0 fully saturated rings. The van der Waals surface area contributed by atoms with Gasteiger partial charge < -0.3 is 0 Å². The molecule has 0 atom stereocenters. The number of rotatable bonds is 7. The fraction of sp³-hybridized carbons (Fsp3) is 0.207. The average Bonchev–Trinajstić information content (AvgIpc) is 3.18. The highest BCUT2D eigenvalue weighted by molar-refractivity contribution is 7.99. The van der Waals surface area contributed by atoms with Crippen LogP contribution in [0.4, 0.5) is 0 Å². The number of hydrogen-bond donors (Lipinski definition) is 0. The van der Waals surface area contributed by atoms with Crippen LogP contribution in [0.1, 0.15) is 66.8 Å². The Bertz CT molecular complexity index is 2870. The summed E-state index contributed by atoms with van der Waals surface area (Å²) in [6.45, 7) is 27.5. The summed E-state index contributed by atoms with van der Waals surface area (Å²) >= 11 is 1.93. The lowest BCUT2D eigenvalue weighted by Crippen LogP contribution is -2.55. The molecule has 61 heavy (non-hydrogen) atoms. The summed E-state index contributed by atoms with van der Waals surface area (Å²) in [4.78, 5) is 2.66. The second-order valence-electron chi connectivity index (χ2n) is 18.4. The van der Waals surface area contributed by atoms with Gasteiger partial charge in [-0.15, -0.1) is 0 Å². The van der Waals surface area contributed by atoms with Gasteiger partial charge in [-0.25, -0.2) is 0 Å². The number of benzene rings is 8. The summed E-state index contributed by atoms with van der Waals surface area (Å²) in [7, 11) is 0. The molecular formula is C58H56B2S. The first kappa shape index (κ1) is 40.9. The minimum atomic E-state index is 0.145. The normalized spacial score (nSPS) is 11.9. The van der Waals surface area contributed by atoms with E-state index in [0.29, 0.717) is 0 Å². The van der Waals surface area contributed by atoms with Crippen LogP contribution in [0.5, 0.6) is 0 Å². The minimum absolute atomic E-state index is 0.145. The van der Waals surface area contributed by atoms with Crippen molar-refractivity contribution in [3.63, 3.8) is 0 Å². The molecule has 0 N–H and O–H groups in total. The average molecular weight is 807 g/mol. The fourth-order valence-corrected chi connectivity index (χ4v) is 12.7. The van der Waals surface area contributed by atoms with Crippen LogP contribution in [0.3, 0.4) is 0 Å². The van der Waals surface area contributed by atoms with Crippen LogP contribution in [-0.4, -0.2) is 13.4 Å². The molecule has 0 spiro atoms. The van der Waals surface area contributed by atoms with Crippen molar-refractivity contribution in [3.05, 3.63) is 188 Å². The Kier molecular flexibility index (Phi) is 10.6. The van der Waals surface area contributed by atoms with Gasteiger partial charge in [0.2, 0.25) is 13.4 Å². The van der Waals surface area contributed by atoms with E-state index >= 15 is 0 Å². The SMILES string of the molecule is Cc1cc(C)c(B(c2ccc(-c3ccc4c5c(cccc35)Sc3cc(B(c5c(C)cc(C)cc5C)c5c(C)cc(C)cc5C)ccc3-4)cc2)c2c(C)cc(C)cc2C)c(C)c1. The highest BCUT2D eigenvalue weighted by atomic mass is 32.2. The Morgan fingerprint density at radius 3 is 1.15 bits per heavy atom. The number of aryl methyl sites for hydroxylation is 12. The molecule has 1 aliphatic heterocycles. The van der Waals surface area contributed by atoms with Crippen LogP contribution in [0.15, 0.2) is 131 Å². The summed E-state index contributed by atoms with van der Waals surface area (Å²) in [5.41, 5.74) is 29.7. The van der Waals surface area contributed by atoms with Gasteiger partial charge in [0.25, 0.3) is 0 Å². The minimum Gasteiger partial charge on any atom is -0.0888 e. The third-order valence-corrected chi connectivity index (χ3v) is 14.6. The molecule has 8 aromatic rings. The zero-order valence-corrected chi connectivity index (χ0v) is 38.9. The van der Waals surface area contributed by atoms with Gasteiger partial charge in [-0.05, 0) is 117 Å². The Balaban J connectivity index is 1.14. The molecule has 0 radical (unpaired) electrons. The second-order valence-corrected chi connectivity index (χ2v) is 19.5. The molecule has 9 rings (SSSR count). The molecule has 8 aromatic carbocycles. The third kappa shape index (κ3) is 7.19. The topological polar surface area (TPSA) is 0 Å². The number of fused-ring (bicyclic) bond motifs is 2. The smallest absolute Gasteiger partial charge is 0.0888 e. The van der Waals surface area contributed by atoms with Crippen molar-refractivity contribution in [2.45, 2.75) is 92.9 Å². The Labute approximate surface area is 370 Å². The highest BCUT2D eigenvalue weighted by Crippen LogP contribution is 2.49. The highest BCUT2D eigenvalue weighted by Gasteiger charge is 2.31. The Hall–Kier alpha value is -5.50. The van der Waals surface area contributed by atoms with E-state index in [-0.39, 0.29) is 13.4 Å². The molecule has 0 amide bonds. The van der Waals surface area contributed by atoms with Gasteiger partial charge >= 0.3 is 0 Å². The largest absolute Gasteiger partial charge is 0.242 e. The molecule has 1 aliphatic rings. The van der Waals surface area contributed by atoms with Crippen molar-refractivity contribution in [1.29, 1.82) is 0 Å². The molecular weight excluding hydrogens is 750 g/mol. The molecule has 0 unspecified atom stereocenters. The van der Waals surface area contributed by atoms with Gasteiger partial charge in [0, 0.05) is 15.2 Å². The van der Waals surface area contributed by atoms with Gasteiger partial charge in [-0.1, -0.05) is 227 Å². The van der Waals surface area contributed by atoms with Gasteiger partial charge in [0.1, 0.15) is 0 Å². The van der Waals surface area contributed by atoms with Crippen molar-refractivity contribution in [1.82, 2.24) is 0 Å². The second kappa shape index (κ2) is 15.8. The van der Waals surface area contributed by atoms with Gasteiger partial charge in [0.05, 0.1) is 0 Å². The van der Waals surface area contributed by atoms with E-state index in [9.17, 15) is 0 Å². The van der Waals surface area contributed by atoms with E-state index in [1.54, 1.807) is 0 Å². The van der Waals surface area contributed by atoms with Gasteiger partial charge in [-0.3, -0.25) is 0 Å². The summed E-state index contributed by atoms with van der Waals surface area (Å²) in [5.74, 6) is 0. The Morgan fingerprint density at radius 1 is 0.328 bits per heavy atom. The molecule has 300 valence electrons. The Morgan fingerprint density at radius 2 is 0.705 bits per heavy atom. The monoisotopic (exact) mass is 806 g/mol. The molecule has 0 nitrogen and oxygen atoms in total. The van der Waals surface area contributed by atoms with Crippen molar-refractivity contribution < 1.29 is 0 Å². The van der Waals surface area contributed by atoms with Crippen LogP contribution in [-0.2, 0) is 0 Å². The van der Waals surface area contributed by atoms with Crippen LogP contribution in [0.2, 0.25) is 0 Å². The van der Waals surface area contributed by atoms with E-state index in [0.717, 1.165) is 0 Å². The van der Waals surface area contributed by atoms with Gasteiger partial charge in [0.15, 0.2) is 0 Å². The van der Waals surface area contributed by atoms with Crippen LogP contribution < -0.4 is 32.8 Å². The van der Waals surface area contributed by atoms with E-state index < -0.39 is 0 Å². The zero-order valence-electron chi connectivity index (χ0n) is 38.1. The van der Waals surface area contributed by atoms with Crippen LogP contribution >= 0.6 is 11.8 Å². The molecule has 1 heterocycles. The summed E-state index contributed by atoms with van der Waals surface area (Å²) in [5, 5.41) is 2.67. The lowest BCUT2D eigenvalue weighted by molar-refractivity contribution is 1.33. The predicted octanol–water partition coefficient (Wildman–Crippen LogP) is 11.4. The van der Waals surface area contributed by atoms with Crippen molar-refractivity contribution in [2.24, 2.45) is 0 Å². The standard InChI is InChI=1S/C58H56B2S/c1-33-24-37(5)55(38(6)25-33)59(56-39(7)26-34(2)27-40(56)8)46-18-16-45(17-19-46)48-22-23-51-49-21-20-47(32-53(49)61-52-15-13-14-50(48)54(51)52)60(57-41(9)28-35(3)29-42(57)10)58-43(11)30-36(4)31-44(58)12/h13-32H,1-12H3. The summed E-state index contributed by atoms with van der Waals surface area (Å²) in [6, 6.07) is 47.3. The maximum absolute atomic E-state index is 2.50. The predicted molar refractivity (Wildman–Crippen MR) is 271 cm³/mol. The summed E-state index contributed by atoms with van der Waals surface area (Å²) < 4.78 is 0. The first-order valence-electron chi connectivity index (χ1n) is 22.0. The quantitative estimate of drug-likeness (QED) is 0.145. The first-order chi connectivity index (χ1) is 29.2. The van der Waals surface area contributed by atoms with E-state index in [2.05, 4.69) is 204 Å². The van der Waals surface area contributed by atoms with Crippen molar-refractivity contribution in [2.75, 3.05) is 0 Å². The first-order valence-corrected chi connectivity index (χ1v) is 22.8. The van der Waals surface area contributed by atoms with E-state index in [4.69, 9.17) is 0 Å². The zero-order chi connectivity index (χ0) is 43.0. The maximum Gasteiger partial charge on any atom is 0.242 e. The van der Waals surface area contributed by atoms with E-state index in [1.165, 1.54) is 142 Å². The molecule has 0 bridgehead atoms. The molecule has 0 aromatic heterocycles. The van der Waals surface area contributed by atoms with E-state index in [1.807, 2.05) is 11.8 Å². The molecule has 3 heteroatoms. The van der Waals surface area contributed by atoms with Gasteiger partial charge in [-0.2, -0.15) is 0 Å². The third-order valence-electron chi connectivity index (χ3n) is 13.5. The molecule has 0 saturated carbocycles. The van der Waals surface area contributed by atoms with Crippen LogP contribution in [0.25, 0.3) is 33.0 Å².